The molecule has 10 heteroatoms. The van der Waals surface area contributed by atoms with Gasteiger partial charge in [0.2, 0.25) is 5.91 Å². The molecule has 6 nitrogen and oxygen atoms in total. The van der Waals surface area contributed by atoms with Crippen LogP contribution in [0.15, 0.2) is 48.5 Å². The molecule has 0 spiro atoms. The molecule has 2 aromatic carbocycles. The normalized spacial score (nSPS) is 21.6. The van der Waals surface area contributed by atoms with Crippen LogP contribution >= 0.6 is 0 Å². The smallest absolute Gasteiger partial charge is 0.368 e. The Morgan fingerprint density at radius 1 is 1.06 bits per heavy atom. The molecule has 2 saturated heterocycles. The lowest BCUT2D eigenvalue weighted by Crippen LogP contribution is -2.58. The molecule has 34 heavy (non-hydrogen) atoms. The van der Waals surface area contributed by atoms with Crippen LogP contribution in [-0.2, 0) is 27.1 Å². The van der Waals surface area contributed by atoms with Crippen molar-refractivity contribution >= 4 is 17.4 Å². The Balaban J connectivity index is 1.26. The van der Waals surface area contributed by atoms with Crippen molar-refractivity contribution < 1.29 is 31.9 Å². The number of ketones is 1. The van der Waals surface area contributed by atoms with Gasteiger partial charge >= 0.3 is 6.18 Å². The molecule has 1 N–H and O–H groups in total. The minimum absolute atomic E-state index is 0.000754. The van der Waals surface area contributed by atoms with E-state index in [1.165, 1.54) is 18.2 Å². The molecular formula is C24H25F4N3O3. The Labute approximate surface area is 194 Å². The van der Waals surface area contributed by atoms with E-state index in [1.807, 2.05) is 4.90 Å². The lowest BCUT2D eigenvalue weighted by Gasteiger charge is -2.39. The summed E-state index contributed by atoms with van der Waals surface area (Å²) in [4.78, 5) is 28.9. The first kappa shape index (κ1) is 24.2. The third-order valence-electron chi connectivity index (χ3n) is 6.11. The third-order valence-corrected chi connectivity index (χ3v) is 6.11. The number of piperazine rings is 1. The van der Waals surface area contributed by atoms with Crippen LogP contribution < -0.4 is 10.2 Å². The van der Waals surface area contributed by atoms with Gasteiger partial charge in [-0.15, -0.1) is 0 Å². The van der Waals surface area contributed by atoms with Crippen LogP contribution in [0.4, 0.5) is 23.2 Å². The number of carbonyl (C=O) groups is 2. The number of hydrogen-bond donors (Lipinski definition) is 1. The quantitative estimate of drug-likeness (QED) is 0.669. The van der Waals surface area contributed by atoms with Gasteiger partial charge in [0, 0.05) is 44.8 Å². The topological polar surface area (TPSA) is 61.9 Å². The van der Waals surface area contributed by atoms with Gasteiger partial charge in [0.1, 0.15) is 11.9 Å². The van der Waals surface area contributed by atoms with Crippen molar-refractivity contribution in [3.05, 3.63) is 65.5 Å². The number of hydrogen-bond acceptors (Lipinski definition) is 5. The van der Waals surface area contributed by atoms with E-state index in [9.17, 15) is 27.2 Å². The van der Waals surface area contributed by atoms with E-state index in [2.05, 4.69) is 5.32 Å². The molecule has 2 aromatic rings. The zero-order valence-corrected chi connectivity index (χ0v) is 18.4. The van der Waals surface area contributed by atoms with Gasteiger partial charge in [0.25, 0.3) is 0 Å². The van der Waals surface area contributed by atoms with Crippen molar-refractivity contribution in [1.29, 1.82) is 0 Å². The third kappa shape index (κ3) is 5.74. The van der Waals surface area contributed by atoms with Crippen LogP contribution in [-0.4, -0.2) is 61.5 Å². The number of Topliss-reactive ketones (excluding diaryl/α,β-unsaturated/α-hetero) is 1. The molecule has 0 saturated carbocycles. The number of benzene rings is 2. The molecule has 2 unspecified atom stereocenters. The second-order valence-electron chi connectivity index (χ2n) is 8.42. The Kier molecular flexibility index (Phi) is 7.18. The number of carbonyl (C=O) groups excluding carboxylic acids is 2. The summed E-state index contributed by atoms with van der Waals surface area (Å²) < 4.78 is 57.6. The first-order valence-corrected chi connectivity index (χ1v) is 11.0. The minimum atomic E-state index is -4.41. The number of piperidine rings is 1. The maximum atomic E-state index is 13.0. The highest BCUT2D eigenvalue weighted by Crippen LogP contribution is 2.32. The van der Waals surface area contributed by atoms with Crippen molar-refractivity contribution in [3.63, 3.8) is 0 Å². The maximum absolute atomic E-state index is 13.0. The van der Waals surface area contributed by atoms with E-state index in [-0.39, 0.29) is 37.1 Å². The van der Waals surface area contributed by atoms with Crippen molar-refractivity contribution in [2.24, 2.45) is 0 Å². The number of amides is 1. The van der Waals surface area contributed by atoms with Gasteiger partial charge in [0.15, 0.2) is 5.78 Å². The van der Waals surface area contributed by atoms with Crippen molar-refractivity contribution in [1.82, 2.24) is 10.2 Å². The SMILES string of the molecule is O=C1CC(C(=O)N2CCN(c3cccc(C(F)(F)F)c3)CC2)NCC1OCc1ccc(F)cc1. The standard InChI is InChI=1S/C24H25F4N3O3/c25-18-6-4-16(5-7-18)15-34-22-14-29-20(13-21(22)32)23(33)31-10-8-30(9-11-31)19-3-1-2-17(12-19)24(26,27)28/h1-7,12,20,22,29H,8-11,13-15H2. The molecule has 2 fully saturated rings. The predicted molar refractivity (Wildman–Crippen MR) is 117 cm³/mol. The Bertz CT molecular complexity index is 1020. The summed E-state index contributed by atoms with van der Waals surface area (Å²) in [6, 6.07) is 10.3. The van der Waals surface area contributed by atoms with E-state index in [4.69, 9.17) is 4.74 Å². The summed E-state index contributed by atoms with van der Waals surface area (Å²) >= 11 is 0. The number of ether oxygens (including phenoxy) is 1. The molecule has 2 heterocycles. The number of nitrogens with zero attached hydrogens (tertiary/aromatic N) is 2. The van der Waals surface area contributed by atoms with Crippen LogP contribution in [0.25, 0.3) is 0 Å². The summed E-state index contributed by atoms with van der Waals surface area (Å²) in [5.41, 5.74) is 0.504. The molecule has 4 rings (SSSR count). The molecule has 0 bridgehead atoms. The van der Waals surface area contributed by atoms with Crippen molar-refractivity contribution in [3.8, 4) is 0 Å². The summed E-state index contributed by atoms with van der Waals surface area (Å²) in [7, 11) is 0. The van der Waals surface area contributed by atoms with Gasteiger partial charge in [-0.05, 0) is 35.9 Å². The maximum Gasteiger partial charge on any atom is 0.416 e. The summed E-state index contributed by atoms with van der Waals surface area (Å²) in [5, 5.41) is 3.07. The number of alkyl halides is 3. The van der Waals surface area contributed by atoms with E-state index < -0.39 is 23.9 Å². The van der Waals surface area contributed by atoms with Crippen LogP contribution in [0, 0.1) is 5.82 Å². The lowest BCUT2D eigenvalue weighted by atomic mass is 9.99. The van der Waals surface area contributed by atoms with E-state index >= 15 is 0 Å². The number of halogens is 4. The Hall–Kier alpha value is -2.98. The molecule has 2 aliphatic rings. The number of nitrogens with one attached hydrogen (secondary N) is 1. The second-order valence-corrected chi connectivity index (χ2v) is 8.42. The fourth-order valence-electron chi connectivity index (χ4n) is 4.16. The van der Waals surface area contributed by atoms with Gasteiger partial charge < -0.3 is 19.9 Å². The molecule has 0 radical (unpaired) electrons. The van der Waals surface area contributed by atoms with Gasteiger partial charge in [0.05, 0.1) is 18.2 Å². The fourth-order valence-corrected chi connectivity index (χ4v) is 4.16. The summed E-state index contributed by atoms with van der Waals surface area (Å²) in [6.45, 7) is 1.86. The van der Waals surface area contributed by atoms with Gasteiger partial charge in [-0.25, -0.2) is 4.39 Å². The molecule has 2 aliphatic heterocycles. The second kappa shape index (κ2) is 10.1. The lowest BCUT2D eigenvalue weighted by molar-refractivity contribution is -0.142. The van der Waals surface area contributed by atoms with Crippen molar-refractivity contribution in [2.75, 3.05) is 37.6 Å². The largest absolute Gasteiger partial charge is 0.416 e. The monoisotopic (exact) mass is 479 g/mol. The molecular weight excluding hydrogens is 454 g/mol. The predicted octanol–water partition coefficient (Wildman–Crippen LogP) is 3.01. The van der Waals surface area contributed by atoms with Crippen LogP contribution in [0.2, 0.25) is 0 Å². The van der Waals surface area contributed by atoms with Crippen molar-refractivity contribution in [2.45, 2.75) is 31.3 Å². The highest BCUT2D eigenvalue weighted by molar-refractivity contribution is 5.92. The fraction of sp³-hybridized carbons (Fsp3) is 0.417. The summed E-state index contributed by atoms with van der Waals surface area (Å²) in [6.07, 6.45) is -5.10. The first-order chi connectivity index (χ1) is 16.2. The molecule has 182 valence electrons. The average molecular weight is 479 g/mol. The number of anilines is 1. The van der Waals surface area contributed by atoms with E-state index in [0.717, 1.165) is 17.7 Å². The van der Waals surface area contributed by atoms with Gasteiger partial charge in [-0.3, -0.25) is 9.59 Å². The van der Waals surface area contributed by atoms with Crippen LogP contribution in [0.1, 0.15) is 17.5 Å². The van der Waals surface area contributed by atoms with Gasteiger partial charge in [-0.1, -0.05) is 18.2 Å². The highest BCUT2D eigenvalue weighted by atomic mass is 19.4. The Morgan fingerprint density at radius 3 is 2.41 bits per heavy atom. The molecule has 0 aliphatic carbocycles. The highest BCUT2D eigenvalue weighted by Gasteiger charge is 2.36. The summed E-state index contributed by atoms with van der Waals surface area (Å²) in [5.74, 6) is -0.730. The number of rotatable bonds is 5. The van der Waals surface area contributed by atoms with Crippen LogP contribution in [0.5, 0.6) is 0 Å². The Morgan fingerprint density at radius 2 is 1.76 bits per heavy atom. The van der Waals surface area contributed by atoms with Crippen LogP contribution in [0.3, 0.4) is 0 Å². The molecule has 2 atom stereocenters. The van der Waals surface area contributed by atoms with E-state index in [1.54, 1.807) is 23.1 Å². The van der Waals surface area contributed by atoms with E-state index in [0.29, 0.717) is 31.9 Å². The average Bonchev–Trinajstić information content (AvgIpc) is 2.83. The minimum Gasteiger partial charge on any atom is -0.368 e. The molecule has 0 aromatic heterocycles. The zero-order valence-electron chi connectivity index (χ0n) is 18.4. The molecule has 1 amide bonds. The first-order valence-electron chi connectivity index (χ1n) is 11.0. The zero-order chi connectivity index (χ0) is 24.3. The van der Waals surface area contributed by atoms with Gasteiger partial charge in [-0.2, -0.15) is 13.2 Å².